The van der Waals surface area contributed by atoms with Crippen LogP contribution in [0.3, 0.4) is 0 Å². The Morgan fingerprint density at radius 1 is 0.829 bits per heavy atom. The van der Waals surface area contributed by atoms with E-state index in [-0.39, 0.29) is 16.7 Å². The van der Waals surface area contributed by atoms with Gasteiger partial charge in [0.15, 0.2) is 0 Å². The molecule has 0 amide bonds. The fraction of sp³-hybridized carbons (Fsp3) is 0.294. The largest absolute Gasteiger partial charge is 0.207 e. The van der Waals surface area contributed by atoms with Gasteiger partial charge in [-0.25, -0.2) is 4.39 Å². The molecule has 35 heavy (non-hydrogen) atoms. The fourth-order valence-electron chi connectivity index (χ4n) is 6.24. The number of hydrogen-bond donors (Lipinski definition) is 0. The van der Waals surface area contributed by atoms with E-state index in [2.05, 4.69) is 105 Å². The molecule has 0 heterocycles. The van der Waals surface area contributed by atoms with Crippen molar-refractivity contribution in [2.45, 2.75) is 38.5 Å². The minimum atomic E-state index is -0.112. The summed E-state index contributed by atoms with van der Waals surface area (Å²) >= 11 is 0. The van der Waals surface area contributed by atoms with Crippen LogP contribution in [0, 0.1) is 23.2 Å². The van der Waals surface area contributed by atoms with Gasteiger partial charge in [-0.1, -0.05) is 111 Å². The monoisotopic (exact) mass is 460 g/mol. The molecule has 0 radical (unpaired) electrons. The van der Waals surface area contributed by atoms with Crippen molar-refractivity contribution in [2.75, 3.05) is 0 Å². The van der Waals surface area contributed by atoms with Gasteiger partial charge in [0.05, 0.1) is 0 Å². The lowest BCUT2D eigenvalue weighted by Crippen LogP contribution is -2.27. The Morgan fingerprint density at radius 3 is 2.46 bits per heavy atom. The Morgan fingerprint density at radius 2 is 1.66 bits per heavy atom. The first-order valence-corrected chi connectivity index (χ1v) is 13.0. The first-order chi connectivity index (χ1) is 16.9. The van der Waals surface area contributed by atoms with E-state index in [4.69, 9.17) is 0 Å². The van der Waals surface area contributed by atoms with Gasteiger partial charge in [0.2, 0.25) is 0 Å². The van der Waals surface area contributed by atoms with Gasteiger partial charge < -0.3 is 0 Å². The molecule has 0 fully saturated rings. The van der Waals surface area contributed by atoms with E-state index in [9.17, 15) is 4.39 Å². The van der Waals surface area contributed by atoms with E-state index >= 15 is 0 Å². The molecule has 5 atom stereocenters. The molecule has 0 spiro atoms. The van der Waals surface area contributed by atoms with Gasteiger partial charge in [-0.2, -0.15) is 0 Å². The molecule has 176 valence electrons. The summed E-state index contributed by atoms with van der Waals surface area (Å²) < 4.78 is 13.4. The third-order valence-corrected chi connectivity index (χ3v) is 8.69. The van der Waals surface area contributed by atoms with E-state index in [0.29, 0.717) is 17.8 Å². The summed E-state index contributed by atoms with van der Waals surface area (Å²) in [7, 11) is 0. The summed E-state index contributed by atoms with van der Waals surface area (Å²) in [4.78, 5) is 0. The van der Waals surface area contributed by atoms with Crippen LogP contribution in [-0.4, -0.2) is 0 Å². The van der Waals surface area contributed by atoms with Gasteiger partial charge in [-0.15, -0.1) is 0 Å². The highest BCUT2D eigenvalue weighted by molar-refractivity contribution is 5.76. The maximum atomic E-state index is 13.4. The molecule has 0 saturated heterocycles. The van der Waals surface area contributed by atoms with Gasteiger partial charge in [0.25, 0.3) is 0 Å². The van der Waals surface area contributed by atoms with Crippen LogP contribution in [0.5, 0.6) is 0 Å². The van der Waals surface area contributed by atoms with Crippen molar-refractivity contribution in [1.29, 1.82) is 0 Å². The van der Waals surface area contributed by atoms with Gasteiger partial charge >= 0.3 is 0 Å². The molecule has 5 aliphatic rings. The Bertz CT molecular complexity index is 1300. The Hall–Kier alpha value is -3.19. The van der Waals surface area contributed by atoms with Crippen LogP contribution in [0.1, 0.15) is 44.2 Å². The van der Waals surface area contributed by atoms with E-state index in [1.54, 1.807) is 12.2 Å². The lowest BCUT2D eigenvalue weighted by molar-refractivity contribution is 0.446. The Balaban J connectivity index is 1.20. The summed E-state index contributed by atoms with van der Waals surface area (Å²) in [6.07, 6.45) is 33.8. The van der Waals surface area contributed by atoms with Gasteiger partial charge in [0.1, 0.15) is 5.83 Å². The maximum Gasteiger partial charge on any atom is 0.118 e. The van der Waals surface area contributed by atoms with Gasteiger partial charge in [-0.3, -0.25) is 0 Å². The van der Waals surface area contributed by atoms with Gasteiger partial charge in [0, 0.05) is 28.6 Å². The molecule has 0 aromatic heterocycles. The summed E-state index contributed by atoms with van der Waals surface area (Å²) in [5.41, 5.74) is 6.87. The molecule has 6 rings (SSSR count). The standard InChI is InChI=1S/C34H33F/c1-33-18-4-3-5-31(33)22-28(16-19-33)24-8-12-30(13-9-24)34(2)20-17-27-21-26(6-7-29(27)23-34)25-10-14-32(35)15-11-25/h3-10,12-16,18-19,21-23,25,27,31H,11,17,20H2,1-2H3/t25?,27-,31?,33?,34+/m0/s1. The second-order valence-electron chi connectivity index (χ2n) is 11.2. The van der Waals surface area contributed by atoms with Crippen molar-refractivity contribution < 1.29 is 4.39 Å². The number of benzene rings is 1. The summed E-state index contributed by atoms with van der Waals surface area (Å²) in [6.45, 7) is 4.68. The molecular formula is C34H33F. The average Bonchev–Trinajstić information content (AvgIpc) is 2.88. The van der Waals surface area contributed by atoms with Crippen LogP contribution in [0.4, 0.5) is 4.39 Å². The zero-order valence-electron chi connectivity index (χ0n) is 20.6. The second-order valence-corrected chi connectivity index (χ2v) is 11.2. The molecule has 1 aromatic carbocycles. The van der Waals surface area contributed by atoms with E-state index in [1.807, 2.05) is 6.08 Å². The van der Waals surface area contributed by atoms with Crippen molar-refractivity contribution in [3.63, 3.8) is 0 Å². The number of halogens is 1. The maximum absolute atomic E-state index is 13.4. The normalized spacial score (nSPS) is 35.0. The first-order valence-electron chi connectivity index (χ1n) is 13.0. The van der Waals surface area contributed by atoms with Crippen LogP contribution in [0.2, 0.25) is 0 Å². The highest BCUT2D eigenvalue weighted by atomic mass is 19.1. The van der Waals surface area contributed by atoms with Crippen molar-refractivity contribution in [1.82, 2.24) is 0 Å². The molecule has 1 aromatic rings. The Labute approximate surface area is 209 Å². The van der Waals surface area contributed by atoms with Crippen LogP contribution in [0.25, 0.3) is 5.57 Å². The summed E-state index contributed by atoms with van der Waals surface area (Å²) in [6, 6.07) is 9.24. The smallest absolute Gasteiger partial charge is 0.118 e. The Kier molecular flexibility index (Phi) is 5.40. The molecule has 0 N–H and O–H groups in total. The quantitative estimate of drug-likeness (QED) is 0.422. The van der Waals surface area contributed by atoms with E-state index in [1.165, 1.54) is 27.8 Å². The van der Waals surface area contributed by atoms with E-state index in [0.717, 1.165) is 19.3 Å². The zero-order chi connectivity index (χ0) is 24.0. The summed E-state index contributed by atoms with van der Waals surface area (Å²) in [5.74, 6) is 1.07. The van der Waals surface area contributed by atoms with Crippen LogP contribution >= 0.6 is 0 Å². The summed E-state index contributed by atoms with van der Waals surface area (Å²) in [5, 5.41) is 0. The first kappa shape index (κ1) is 22.3. The average molecular weight is 461 g/mol. The predicted octanol–water partition coefficient (Wildman–Crippen LogP) is 8.91. The van der Waals surface area contributed by atoms with Crippen LogP contribution in [0.15, 0.2) is 126 Å². The predicted molar refractivity (Wildman–Crippen MR) is 145 cm³/mol. The van der Waals surface area contributed by atoms with Crippen molar-refractivity contribution >= 4 is 5.57 Å². The molecule has 0 aliphatic heterocycles. The number of hydrogen-bond acceptors (Lipinski definition) is 0. The topological polar surface area (TPSA) is 0 Å². The number of rotatable bonds is 3. The molecule has 5 aliphatic carbocycles. The fourth-order valence-corrected chi connectivity index (χ4v) is 6.24. The minimum absolute atomic E-state index is 0.0446. The van der Waals surface area contributed by atoms with E-state index < -0.39 is 0 Å². The van der Waals surface area contributed by atoms with Gasteiger partial charge in [-0.05, 0) is 59.3 Å². The minimum Gasteiger partial charge on any atom is -0.207 e. The zero-order valence-corrected chi connectivity index (χ0v) is 20.6. The third kappa shape index (κ3) is 4.12. The molecule has 0 nitrogen and oxygen atoms in total. The molecule has 0 saturated carbocycles. The van der Waals surface area contributed by atoms with Crippen molar-refractivity contribution in [3.8, 4) is 0 Å². The van der Waals surface area contributed by atoms with Crippen molar-refractivity contribution in [3.05, 3.63) is 137 Å². The lowest BCUT2D eigenvalue weighted by atomic mass is 9.67. The number of fused-ring (bicyclic) bond motifs is 2. The van der Waals surface area contributed by atoms with Crippen molar-refractivity contribution in [2.24, 2.45) is 23.2 Å². The third-order valence-electron chi connectivity index (χ3n) is 8.69. The highest BCUT2D eigenvalue weighted by Gasteiger charge is 2.33. The molecular weight excluding hydrogens is 427 g/mol. The second kappa shape index (κ2) is 8.48. The molecule has 3 unspecified atom stereocenters. The SMILES string of the molecule is CC12C=CC=CC1C=C(c1ccc([C@@]3(C)C=C4C=CC(C5C=CC(F)=CC5)=C[C@@H]4CC3)cc1)C=C2. The molecule has 0 bridgehead atoms. The van der Waals surface area contributed by atoms with Crippen LogP contribution in [-0.2, 0) is 5.41 Å². The number of allylic oxidation sites excluding steroid dienone is 18. The van der Waals surface area contributed by atoms with Crippen LogP contribution < -0.4 is 0 Å². The lowest BCUT2D eigenvalue weighted by Gasteiger charge is -2.37. The highest BCUT2D eigenvalue weighted by Crippen LogP contribution is 2.45. The molecule has 1 heteroatoms.